The van der Waals surface area contributed by atoms with Crippen molar-refractivity contribution in [2.75, 3.05) is 13.7 Å². The molecule has 0 bridgehead atoms. The van der Waals surface area contributed by atoms with Gasteiger partial charge in [0.05, 0.1) is 24.5 Å². The Bertz CT molecular complexity index is 870. The molecule has 1 saturated heterocycles. The molecule has 1 aliphatic heterocycles. The van der Waals surface area contributed by atoms with Crippen molar-refractivity contribution in [2.45, 2.75) is 52.2 Å². The van der Waals surface area contributed by atoms with E-state index in [0.29, 0.717) is 13.0 Å². The number of aliphatic hydroxyl groups is 1. The molecule has 2 aliphatic rings. The number of aliphatic hydroxyl groups excluding tert-OH is 1. The Labute approximate surface area is 196 Å². The van der Waals surface area contributed by atoms with Gasteiger partial charge in [0.15, 0.2) is 0 Å². The average Bonchev–Trinajstić information content (AvgIpc) is 3.12. The number of amides is 3. The van der Waals surface area contributed by atoms with Crippen molar-refractivity contribution >= 4 is 17.7 Å². The highest BCUT2D eigenvalue weighted by atomic mass is 16.3. The molecule has 1 aromatic rings. The number of carbonyl (C=O) groups excluding carboxylic acids is 3. The van der Waals surface area contributed by atoms with E-state index < -0.39 is 29.8 Å². The van der Waals surface area contributed by atoms with Gasteiger partial charge in [-0.25, -0.2) is 0 Å². The second-order valence-electron chi connectivity index (χ2n) is 9.56. The van der Waals surface area contributed by atoms with Gasteiger partial charge in [0.1, 0.15) is 6.04 Å². The van der Waals surface area contributed by atoms with Crippen molar-refractivity contribution in [3.63, 3.8) is 0 Å². The van der Waals surface area contributed by atoms with Crippen molar-refractivity contribution < 1.29 is 19.5 Å². The zero-order valence-corrected chi connectivity index (χ0v) is 20.0. The molecule has 6 atom stereocenters. The number of nitrogens with one attached hydrogen (secondary N) is 2. The number of benzene rings is 1. The van der Waals surface area contributed by atoms with Crippen molar-refractivity contribution in [2.24, 2.45) is 29.6 Å². The maximum atomic E-state index is 13.8. The Kier molecular flexibility index (Phi) is 8.30. The van der Waals surface area contributed by atoms with Crippen LogP contribution in [-0.4, -0.2) is 53.5 Å². The van der Waals surface area contributed by atoms with E-state index >= 15 is 0 Å². The first-order valence-corrected chi connectivity index (χ1v) is 12.0. The number of allylic oxidation sites excluding steroid dienone is 1. The third-order valence-electron chi connectivity index (χ3n) is 6.99. The largest absolute Gasteiger partial charge is 0.394 e. The minimum atomic E-state index is -0.761. The van der Waals surface area contributed by atoms with Crippen molar-refractivity contribution in [3.05, 3.63) is 48.0 Å². The fourth-order valence-electron chi connectivity index (χ4n) is 5.46. The number of hydrogen-bond acceptors (Lipinski definition) is 4. The molecule has 180 valence electrons. The summed E-state index contributed by atoms with van der Waals surface area (Å²) >= 11 is 0. The molecular formula is C26H37N3O4. The maximum Gasteiger partial charge on any atom is 0.243 e. The average molecular weight is 456 g/mol. The lowest BCUT2D eigenvalue weighted by Gasteiger charge is -2.34. The summed E-state index contributed by atoms with van der Waals surface area (Å²) in [6.45, 7) is 6.19. The van der Waals surface area contributed by atoms with E-state index in [2.05, 4.69) is 10.6 Å². The molecule has 0 unspecified atom stereocenters. The molecule has 33 heavy (non-hydrogen) atoms. The highest BCUT2D eigenvalue weighted by Crippen LogP contribution is 2.46. The molecule has 0 spiro atoms. The van der Waals surface area contributed by atoms with Gasteiger partial charge in [0, 0.05) is 19.5 Å². The van der Waals surface area contributed by atoms with Gasteiger partial charge in [0.2, 0.25) is 17.7 Å². The summed E-state index contributed by atoms with van der Waals surface area (Å²) < 4.78 is 0. The predicted octanol–water partition coefficient (Wildman–Crippen LogP) is 2.11. The van der Waals surface area contributed by atoms with Crippen LogP contribution in [0.15, 0.2) is 42.5 Å². The van der Waals surface area contributed by atoms with Crippen LogP contribution in [0.5, 0.6) is 0 Å². The molecule has 3 rings (SSSR count). The molecule has 0 aromatic heterocycles. The lowest BCUT2D eigenvalue weighted by atomic mass is 9.69. The van der Waals surface area contributed by atoms with Crippen LogP contribution >= 0.6 is 0 Å². The fourth-order valence-corrected chi connectivity index (χ4v) is 5.46. The van der Waals surface area contributed by atoms with Crippen LogP contribution in [0, 0.1) is 29.6 Å². The molecule has 3 amide bonds. The quantitative estimate of drug-likeness (QED) is 0.497. The minimum Gasteiger partial charge on any atom is -0.394 e. The molecular weight excluding hydrogens is 418 g/mol. The Morgan fingerprint density at radius 1 is 1.12 bits per heavy atom. The van der Waals surface area contributed by atoms with Gasteiger partial charge in [-0.05, 0) is 30.2 Å². The van der Waals surface area contributed by atoms with E-state index in [9.17, 15) is 19.5 Å². The van der Waals surface area contributed by atoms with E-state index in [0.717, 1.165) is 12.0 Å². The summed E-state index contributed by atoms with van der Waals surface area (Å²) in [6.07, 6.45) is 5.25. The highest BCUT2D eigenvalue weighted by Gasteiger charge is 2.58. The van der Waals surface area contributed by atoms with Crippen LogP contribution in [-0.2, 0) is 20.9 Å². The monoisotopic (exact) mass is 455 g/mol. The number of hydrogen-bond donors (Lipinski definition) is 3. The molecule has 1 fully saturated rings. The van der Waals surface area contributed by atoms with Crippen LogP contribution in [0.25, 0.3) is 0 Å². The first-order valence-electron chi connectivity index (χ1n) is 12.0. The summed E-state index contributed by atoms with van der Waals surface area (Å²) in [5.41, 5.74) is 0.965. The SMILES string of the molecule is CC[C@@H]1C=C[C@H]2[C@H](C(=O)N([C@@H](CO)CC(C)C)[C@@H]2C(=O)NCc2ccccc2)[C@@H]1C(=O)NC. The molecule has 0 radical (unpaired) electrons. The van der Waals surface area contributed by atoms with E-state index in [1.165, 1.54) is 0 Å². The van der Waals surface area contributed by atoms with E-state index in [-0.39, 0.29) is 36.2 Å². The van der Waals surface area contributed by atoms with E-state index in [4.69, 9.17) is 0 Å². The third kappa shape index (κ3) is 5.13. The number of likely N-dealkylation sites (tertiary alicyclic amines) is 1. The smallest absolute Gasteiger partial charge is 0.243 e. The second kappa shape index (κ2) is 11.0. The fraction of sp³-hybridized carbons (Fsp3) is 0.577. The van der Waals surface area contributed by atoms with Gasteiger partial charge in [0.25, 0.3) is 0 Å². The van der Waals surface area contributed by atoms with Crippen molar-refractivity contribution in [1.29, 1.82) is 0 Å². The zero-order chi connectivity index (χ0) is 24.1. The van der Waals surface area contributed by atoms with Crippen molar-refractivity contribution in [3.8, 4) is 0 Å². The third-order valence-corrected chi connectivity index (χ3v) is 6.99. The molecule has 7 heteroatoms. The Morgan fingerprint density at radius 2 is 1.82 bits per heavy atom. The highest BCUT2D eigenvalue weighted by molar-refractivity contribution is 5.97. The van der Waals surface area contributed by atoms with E-state index in [1.807, 2.05) is 63.3 Å². The summed E-state index contributed by atoms with van der Waals surface area (Å²) in [4.78, 5) is 41.8. The van der Waals surface area contributed by atoms with E-state index in [1.54, 1.807) is 11.9 Å². The van der Waals surface area contributed by atoms with Crippen LogP contribution in [0.4, 0.5) is 0 Å². The molecule has 1 aliphatic carbocycles. The number of rotatable bonds is 9. The lowest BCUT2D eigenvalue weighted by Crippen LogP contribution is -2.52. The summed E-state index contributed by atoms with van der Waals surface area (Å²) in [5, 5.41) is 15.9. The molecule has 1 heterocycles. The molecule has 3 N–H and O–H groups in total. The van der Waals surface area contributed by atoms with Gasteiger partial charge < -0.3 is 20.6 Å². The lowest BCUT2D eigenvalue weighted by molar-refractivity contribution is -0.143. The summed E-state index contributed by atoms with van der Waals surface area (Å²) in [6, 6.07) is 8.37. The minimum absolute atomic E-state index is 0.0687. The number of nitrogens with zero attached hydrogens (tertiary/aromatic N) is 1. The number of fused-ring (bicyclic) bond motifs is 1. The van der Waals surface area contributed by atoms with Crippen LogP contribution in [0.3, 0.4) is 0 Å². The Balaban J connectivity index is 1.97. The summed E-state index contributed by atoms with van der Waals surface area (Å²) in [7, 11) is 1.58. The van der Waals surface area contributed by atoms with Crippen LogP contribution < -0.4 is 10.6 Å². The molecule has 1 aromatic carbocycles. The van der Waals surface area contributed by atoms with Gasteiger partial charge in [-0.3, -0.25) is 14.4 Å². The van der Waals surface area contributed by atoms with Crippen LogP contribution in [0.2, 0.25) is 0 Å². The first-order chi connectivity index (χ1) is 15.8. The van der Waals surface area contributed by atoms with Gasteiger partial charge in [-0.1, -0.05) is 63.3 Å². The molecule has 0 saturated carbocycles. The second-order valence-corrected chi connectivity index (χ2v) is 9.56. The first kappa shape index (κ1) is 25.0. The van der Waals surface area contributed by atoms with Gasteiger partial charge in [-0.15, -0.1) is 0 Å². The Morgan fingerprint density at radius 3 is 2.39 bits per heavy atom. The predicted molar refractivity (Wildman–Crippen MR) is 127 cm³/mol. The van der Waals surface area contributed by atoms with Crippen LogP contribution in [0.1, 0.15) is 39.2 Å². The topological polar surface area (TPSA) is 98.7 Å². The maximum absolute atomic E-state index is 13.8. The summed E-state index contributed by atoms with van der Waals surface area (Å²) in [5.74, 6) is -2.04. The zero-order valence-electron chi connectivity index (χ0n) is 20.0. The van der Waals surface area contributed by atoms with Gasteiger partial charge in [-0.2, -0.15) is 0 Å². The van der Waals surface area contributed by atoms with Crippen molar-refractivity contribution in [1.82, 2.24) is 15.5 Å². The van der Waals surface area contributed by atoms with Gasteiger partial charge >= 0.3 is 0 Å². The standard InChI is InChI=1S/C26H37N3O4/c1-5-18-11-12-20-22(21(18)24(31)27-4)26(33)29(19(15-30)13-16(2)3)23(20)25(32)28-14-17-9-7-6-8-10-17/h6-12,16,18-23,30H,5,13-15H2,1-4H3,(H,27,31)(H,28,32)/t18-,19-,20+,21-,22+,23+/m1/s1. The normalized spacial score (nSPS) is 27.4. The number of carbonyl (C=O) groups is 3. The Hall–Kier alpha value is -2.67. The molecule has 7 nitrogen and oxygen atoms in total.